The van der Waals surface area contributed by atoms with Gasteiger partial charge in [-0.3, -0.25) is 4.90 Å². The Kier molecular flexibility index (Phi) is 4.72. The maximum absolute atomic E-state index is 6.32. The highest BCUT2D eigenvalue weighted by atomic mass is 79.9. The molecule has 1 aromatic rings. The van der Waals surface area contributed by atoms with Crippen LogP contribution in [-0.4, -0.2) is 29.6 Å². The molecule has 3 heteroatoms. The Morgan fingerprint density at radius 1 is 1.29 bits per heavy atom. The minimum absolute atomic E-state index is 0.185. The van der Waals surface area contributed by atoms with E-state index in [1.807, 2.05) is 0 Å². The Morgan fingerprint density at radius 3 is 2.71 bits per heavy atom. The maximum Gasteiger partial charge on any atom is 0.0378 e. The molecule has 2 aliphatic carbocycles. The standard InChI is InChI=1S/C18H27BrN2/c1-2-21(17-5-3-4-6-17)18(13-20)10-9-14-11-16(19)8-7-15(14)12-18/h7-8,11,17H,2-6,9-10,12-13,20H2,1H3. The van der Waals surface area contributed by atoms with Crippen molar-refractivity contribution in [3.05, 3.63) is 33.8 Å². The first-order chi connectivity index (χ1) is 10.2. The van der Waals surface area contributed by atoms with Gasteiger partial charge in [0.2, 0.25) is 0 Å². The molecule has 1 fully saturated rings. The number of rotatable bonds is 4. The molecule has 0 spiro atoms. The molecule has 2 N–H and O–H groups in total. The third-order valence-corrected chi connectivity index (χ3v) is 6.14. The Bertz CT molecular complexity index is 496. The summed E-state index contributed by atoms with van der Waals surface area (Å²) in [6, 6.07) is 7.53. The van der Waals surface area contributed by atoms with Gasteiger partial charge in [-0.25, -0.2) is 0 Å². The molecule has 21 heavy (non-hydrogen) atoms. The van der Waals surface area contributed by atoms with E-state index in [2.05, 4.69) is 46.0 Å². The lowest BCUT2D eigenvalue weighted by Crippen LogP contribution is -2.60. The quantitative estimate of drug-likeness (QED) is 0.892. The molecular formula is C18H27BrN2. The van der Waals surface area contributed by atoms with Crippen LogP contribution in [0.1, 0.15) is 50.2 Å². The summed E-state index contributed by atoms with van der Waals surface area (Å²) in [5, 5.41) is 0. The molecule has 2 nitrogen and oxygen atoms in total. The zero-order chi connectivity index (χ0) is 14.9. The fourth-order valence-corrected chi connectivity index (χ4v) is 4.95. The average Bonchev–Trinajstić information content (AvgIpc) is 3.02. The van der Waals surface area contributed by atoms with Crippen LogP contribution >= 0.6 is 15.9 Å². The summed E-state index contributed by atoms with van der Waals surface area (Å²) in [4.78, 5) is 2.75. The second kappa shape index (κ2) is 6.39. The van der Waals surface area contributed by atoms with Crippen LogP contribution in [0.15, 0.2) is 22.7 Å². The van der Waals surface area contributed by atoms with E-state index >= 15 is 0 Å². The van der Waals surface area contributed by atoms with Crippen molar-refractivity contribution in [3.8, 4) is 0 Å². The minimum Gasteiger partial charge on any atom is -0.329 e. The Hall–Kier alpha value is -0.380. The molecule has 0 heterocycles. The van der Waals surface area contributed by atoms with Gasteiger partial charge >= 0.3 is 0 Å². The van der Waals surface area contributed by atoms with Crippen molar-refractivity contribution in [2.24, 2.45) is 5.73 Å². The zero-order valence-corrected chi connectivity index (χ0v) is 14.7. The van der Waals surface area contributed by atoms with E-state index in [0.29, 0.717) is 0 Å². The fourth-order valence-electron chi connectivity index (χ4n) is 4.54. The molecule has 0 amide bonds. The van der Waals surface area contributed by atoms with Gasteiger partial charge in [-0.15, -0.1) is 0 Å². The summed E-state index contributed by atoms with van der Waals surface area (Å²) in [5.74, 6) is 0. The van der Waals surface area contributed by atoms with Gasteiger partial charge in [-0.2, -0.15) is 0 Å². The predicted octanol–water partition coefficient (Wildman–Crippen LogP) is 3.90. The molecule has 0 aromatic heterocycles. The van der Waals surface area contributed by atoms with Gasteiger partial charge in [0, 0.05) is 22.6 Å². The predicted molar refractivity (Wildman–Crippen MR) is 92.6 cm³/mol. The number of hydrogen-bond acceptors (Lipinski definition) is 2. The third kappa shape index (κ3) is 2.93. The van der Waals surface area contributed by atoms with Gasteiger partial charge in [0.1, 0.15) is 0 Å². The smallest absolute Gasteiger partial charge is 0.0378 e. The van der Waals surface area contributed by atoms with Crippen LogP contribution in [0.4, 0.5) is 0 Å². The number of nitrogens with two attached hydrogens (primary N) is 1. The summed E-state index contributed by atoms with van der Waals surface area (Å²) >= 11 is 3.60. The molecule has 2 aliphatic rings. The van der Waals surface area contributed by atoms with Gasteiger partial charge in [-0.05, 0) is 61.9 Å². The molecule has 0 aliphatic heterocycles. The highest BCUT2D eigenvalue weighted by Gasteiger charge is 2.41. The van der Waals surface area contributed by atoms with Crippen molar-refractivity contribution in [1.29, 1.82) is 0 Å². The largest absolute Gasteiger partial charge is 0.329 e. The van der Waals surface area contributed by atoms with E-state index < -0.39 is 0 Å². The fraction of sp³-hybridized carbons (Fsp3) is 0.667. The van der Waals surface area contributed by atoms with Crippen molar-refractivity contribution in [2.45, 2.75) is 63.5 Å². The number of likely N-dealkylation sites (N-methyl/N-ethyl adjacent to an activating group) is 1. The third-order valence-electron chi connectivity index (χ3n) is 5.64. The average molecular weight is 351 g/mol. The number of aryl methyl sites for hydroxylation is 1. The summed E-state index contributed by atoms with van der Waals surface area (Å²) in [7, 11) is 0. The van der Waals surface area contributed by atoms with Crippen molar-refractivity contribution in [3.63, 3.8) is 0 Å². The lowest BCUT2D eigenvalue weighted by molar-refractivity contribution is 0.0430. The number of benzene rings is 1. The van der Waals surface area contributed by atoms with Gasteiger partial charge in [-0.1, -0.05) is 41.8 Å². The summed E-state index contributed by atoms with van der Waals surface area (Å²) in [6.45, 7) is 4.23. The van der Waals surface area contributed by atoms with E-state index in [0.717, 1.165) is 32.0 Å². The van der Waals surface area contributed by atoms with Gasteiger partial charge in [0.15, 0.2) is 0 Å². The SMILES string of the molecule is CCN(C1CCCC1)C1(CN)CCc2cc(Br)ccc2C1. The molecule has 1 aromatic carbocycles. The first kappa shape index (κ1) is 15.5. The Morgan fingerprint density at radius 2 is 2.05 bits per heavy atom. The van der Waals surface area contributed by atoms with E-state index in [4.69, 9.17) is 5.73 Å². The summed E-state index contributed by atoms with van der Waals surface area (Å²) < 4.78 is 1.20. The highest BCUT2D eigenvalue weighted by Crippen LogP contribution is 2.38. The van der Waals surface area contributed by atoms with Crippen LogP contribution < -0.4 is 5.73 Å². The lowest BCUT2D eigenvalue weighted by atomic mass is 9.76. The second-order valence-corrected chi connectivity index (χ2v) is 7.66. The first-order valence-corrected chi connectivity index (χ1v) is 9.22. The van der Waals surface area contributed by atoms with Gasteiger partial charge < -0.3 is 5.73 Å². The molecule has 0 bridgehead atoms. The van der Waals surface area contributed by atoms with Crippen LogP contribution in [0, 0.1) is 0 Å². The molecule has 1 unspecified atom stereocenters. The van der Waals surface area contributed by atoms with Gasteiger partial charge in [0.05, 0.1) is 0 Å². The maximum atomic E-state index is 6.32. The summed E-state index contributed by atoms with van der Waals surface area (Å²) in [6.07, 6.45) is 9.01. The highest BCUT2D eigenvalue weighted by molar-refractivity contribution is 9.10. The zero-order valence-electron chi connectivity index (χ0n) is 13.1. The number of nitrogens with zero attached hydrogens (tertiary/aromatic N) is 1. The number of hydrogen-bond donors (Lipinski definition) is 1. The van der Waals surface area contributed by atoms with Crippen LogP contribution in [0.5, 0.6) is 0 Å². The van der Waals surface area contributed by atoms with Crippen LogP contribution in [0.3, 0.4) is 0 Å². The molecular weight excluding hydrogens is 324 g/mol. The van der Waals surface area contributed by atoms with Crippen molar-refractivity contribution in [1.82, 2.24) is 4.90 Å². The Balaban J connectivity index is 1.88. The van der Waals surface area contributed by atoms with Crippen LogP contribution in [0.2, 0.25) is 0 Å². The second-order valence-electron chi connectivity index (χ2n) is 6.74. The van der Waals surface area contributed by atoms with Crippen LogP contribution in [-0.2, 0) is 12.8 Å². The van der Waals surface area contributed by atoms with Crippen molar-refractivity contribution < 1.29 is 0 Å². The normalized spacial score (nSPS) is 26.3. The monoisotopic (exact) mass is 350 g/mol. The van der Waals surface area contributed by atoms with Crippen molar-refractivity contribution >= 4 is 15.9 Å². The topological polar surface area (TPSA) is 29.3 Å². The molecule has 116 valence electrons. The van der Waals surface area contributed by atoms with Crippen LogP contribution in [0.25, 0.3) is 0 Å². The number of halogens is 1. The molecule has 1 atom stereocenters. The molecule has 0 radical (unpaired) electrons. The molecule has 1 saturated carbocycles. The Labute approximate surface area is 137 Å². The molecule has 3 rings (SSSR count). The lowest BCUT2D eigenvalue weighted by Gasteiger charge is -2.49. The van der Waals surface area contributed by atoms with Gasteiger partial charge in [0.25, 0.3) is 0 Å². The first-order valence-electron chi connectivity index (χ1n) is 8.42. The minimum atomic E-state index is 0.185. The van der Waals surface area contributed by atoms with E-state index in [1.54, 1.807) is 0 Å². The van der Waals surface area contributed by atoms with E-state index in [9.17, 15) is 0 Å². The summed E-state index contributed by atoms with van der Waals surface area (Å²) in [5.41, 5.74) is 9.52. The van der Waals surface area contributed by atoms with E-state index in [-0.39, 0.29) is 5.54 Å². The number of fused-ring (bicyclic) bond motifs is 1. The van der Waals surface area contributed by atoms with E-state index in [1.165, 1.54) is 47.7 Å². The van der Waals surface area contributed by atoms with Crippen molar-refractivity contribution in [2.75, 3.05) is 13.1 Å². The molecule has 0 saturated heterocycles.